The molecular weight excluding hydrogens is 218 g/mol. The zero-order valence-electron chi connectivity index (χ0n) is 10.6. The van der Waals surface area contributed by atoms with Gasteiger partial charge in [0.2, 0.25) is 0 Å². The van der Waals surface area contributed by atoms with Crippen LogP contribution in [-0.4, -0.2) is 44.9 Å². The molecular formula is C12H19N3O2. The molecule has 0 radical (unpaired) electrons. The third-order valence-electron chi connectivity index (χ3n) is 3.31. The van der Waals surface area contributed by atoms with Crippen molar-refractivity contribution >= 4 is 5.91 Å². The maximum atomic E-state index is 12.4. The third-order valence-corrected chi connectivity index (χ3v) is 3.31. The van der Waals surface area contributed by atoms with Crippen molar-refractivity contribution in [3.05, 3.63) is 17.0 Å². The van der Waals surface area contributed by atoms with Gasteiger partial charge in [-0.05, 0) is 26.7 Å². The highest BCUT2D eigenvalue weighted by Gasteiger charge is 2.34. The Bertz CT molecular complexity index is 435. The summed E-state index contributed by atoms with van der Waals surface area (Å²) in [5, 5.41) is 13.3. The van der Waals surface area contributed by atoms with Gasteiger partial charge in [0.25, 0.3) is 5.91 Å². The quantitative estimate of drug-likeness (QED) is 0.835. The Balaban J connectivity index is 2.28. The van der Waals surface area contributed by atoms with E-state index < -0.39 is 0 Å². The second-order valence-electron chi connectivity index (χ2n) is 4.62. The van der Waals surface area contributed by atoms with Crippen LogP contribution in [0.3, 0.4) is 0 Å². The highest BCUT2D eigenvalue weighted by molar-refractivity contribution is 5.96. The summed E-state index contributed by atoms with van der Waals surface area (Å²) in [6.07, 6.45) is 2.09. The van der Waals surface area contributed by atoms with Crippen LogP contribution in [0.2, 0.25) is 0 Å². The Morgan fingerprint density at radius 3 is 2.59 bits per heavy atom. The number of carbonyl (C=O) groups is 1. The predicted octanol–water partition coefficient (Wildman–Crippen LogP) is 0.634. The van der Waals surface area contributed by atoms with Crippen LogP contribution in [-0.2, 0) is 7.05 Å². The summed E-state index contributed by atoms with van der Waals surface area (Å²) in [5.41, 5.74) is 2.34. The molecule has 1 saturated carbocycles. The molecule has 0 aromatic carbocycles. The van der Waals surface area contributed by atoms with Gasteiger partial charge in [-0.3, -0.25) is 9.48 Å². The molecule has 0 atom stereocenters. The van der Waals surface area contributed by atoms with E-state index in [-0.39, 0.29) is 12.5 Å². The molecule has 17 heavy (non-hydrogen) atoms. The van der Waals surface area contributed by atoms with Gasteiger partial charge in [-0.25, -0.2) is 0 Å². The number of nitrogens with zero attached hydrogens (tertiary/aromatic N) is 3. The Morgan fingerprint density at radius 2 is 2.18 bits per heavy atom. The van der Waals surface area contributed by atoms with Gasteiger partial charge in [0.15, 0.2) is 0 Å². The first kappa shape index (κ1) is 12.1. The Morgan fingerprint density at radius 1 is 1.53 bits per heavy atom. The number of aliphatic hydroxyl groups excluding tert-OH is 1. The first-order valence-corrected chi connectivity index (χ1v) is 5.98. The van der Waals surface area contributed by atoms with Gasteiger partial charge >= 0.3 is 0 Å². The lowest BCUT2D eigenvalue weighted by atomic mass is 10.1. The minimum atomic E-state index is 0.00431. The van der Waals surface area contributed by atoms with Crippen LogP contribution in [0.4, 0.5) is 0 Å². The van der Waals surface area contributed by atoms with E-state index in [9.17, 15) is 4.79 Å². The number of amides is 1. The molecule has 94 valence electrons. The molecule has 1 aliphatic carbocycles. The molecule has 5 nitrogen and oxygen atoms in total. The Labute approximate surface area is 101 Å². The lowest BCUT2D eigenvalue weighted by Crippen LogP contribution is -2.36. The standard InChI is InChI=1S/C12H19N3O2/c1-8-11(9(2)14(3)13-8)12(17)15(6-7-16)10-4-5-10/h10,16H,4-7H2,1-3H3. The summed E-state index contributed by atoms with van der Waals surface area (Å²) < 4.78 is 1.73. The number of rotatable bonds is 4. The first-order valence-electron chi connectivity index (χ1n) is 5.98. The summed E-state index contributed by atoms with van der Waals surface area (Å²) in [6.45, 7) is 4.18. The first-order chi connectivity index (χ1) is 8.06. The van der Waals surface area contributed by atoms with Crippen molar-refractivity contribution in [1.29, 1.82) is 0 Å². The van der Waals surface area contributed by atoms with Gasteiger partial charge in [0, 0.05) is 25.3 Å². The SMILES string of the molecule is Cc1nn(C)c(C)c1C(=O)N(CCO)C1CC1. The highest BCUT2D eigenvalue weighted by Crippen LogP contribution is 2.29. The smallest absolute Gasteiger partial charge is 0.257 e. The van der Waals surface area contributed by atoms with Gasteiger partial charge in [-0.15, -0.1) is 0 Å². The lowest BCUT2D eigenvalue weighted by Gasteiger charge is -2.21. The lowest BCUT2D eigenvalue weighted by molar-refractivity contribution is 0.0706. The van der Waals surface area contributed by atoms with Crippen LogP contribution >= 0.6 is 0 Å². The number of aromatic nitrogens is 2. The monoisotopic (exact) mass is 237 g/mol. The molecule has 1 fully saturated rings. The molecule has 1 heterocycles. The average molecular weight is 237 g/mol. The molecule has 1 N–H and O–H groups in total. The summed E-state index contributed by atoms with van der Waals surface area (Å²) in [7, 11) is 1.84. The fourth-order valence-electron chi connectivity index (χ4n) is 2.17. The average Bonchev–Trinajstić information content (AvgIpc) is 3.05. The normalized spacial score (nSPS) is 15.1. The molecule has 1 amide bonds. The zero-order valence-corrected chi connectivity index (χ0v) is 10.6. The molecule has 1 aromatic heterocycles. The van der Waals surface area contributed by atoms with Crippen LogP contribution in [0, 0.1) is 13.8 Å². The second-order valence-corrected chi connectivity index (χ2v) is 4.62. The molecule has 1 aromatic rings. The maximum absolute atomic E-state index is 12.4. The van der Waals surface area contributed by atoms with Crippen molar-refractivity contribution in [3.63, 3.8) is 0 Å². The minimum absolute atomic E-state index is 0.00431. The van der Waals surface area contributed by atoms with Crippen LogP contribution in [0.5, 0.6) is 0 Å². The number of aryl methyl sites for hydroxylation is 2. The summed E-state index contributed by atoms with van der Waals surface area (Å²) in [6, 6.07) is 0.314. The zero-order chi connectivity index (χ0) is 12.6. The van der Waals surface area contributed by atoms with Gasteiger partial charge in [0.1, 0.15) is 0 Å². The maximum Gasteiger partial charge on any atom is 0.257 e. The van der Waals surface area contributed by atoms with Crippen LogP contribution < -0.4 is 0 Å². The van der Waals surface area contributed by atoms with E-state index in [1.807, 2.05) is 20.9 Å². The van der Waals surface area contributed by atoms with Crippen molar-refractivity contribution in [2.24, 2.45) is 7.05 Å². The van der Waals surface area contributed by atoms with E-state index in [0.29, 0.717) is 18.2 Å². The van der Waals surface area contributed by atoms with E-state index in [1.165, 1.54) is 0 Å². The third kappa shape index (κ3) is 2.20. The molecule has 0 spiro atoms. The molecule has 2 rings (SSSR count). The van der Waals surface area contributed by atoms with Crippen molar-refractivity contribution in [2.75, 3.05) is 13.2 Å². The second kappa shape index (κ2) is 4.49. The molecule has 5 heteroatoms. The fraction of sp³-hybridized carbons (Fsp3) is 0.667. The number of hydrogen-bond donors (Lipinski definition) is 1. The predicted molar refractivity (Wildman–Crippen MR) is 63.8 cm³/mol. The Kier molecular flexibility index (Phi) is 3.19. The minimum Gasteiger partial charge on any atom is -0.395 e. The molecule has 1 aliphatic rings. The fourth-order valence-corrected chi connectivity index (χ4v) is 2.17. The van der Waals surface area contributed by atoms with Crippen molar-refractivity contribution in [3.8, 4) is 0 Å². The van der Waals surface area contributed by atoms with Crippen LogP contribution in [0.25, 0.3) is 0 Å². The molecule has 0 saturated heterocycles. The van der Waals surface area contributed by atoms with Crippen LogP contribution in [0.1, 0.15) is 34.6 Å². The molecule has 0 bridgehead atoms. The summed E-state index contributed by atoms with van der Waals surface area (Å²) >= 11 is 0. The van der Waals surface area contributed by atoms with Crippen molar-refractivity contribution in [1.82, 2.24) is 14.7 Å². The van der Waals surface area contributed by atoms with Crippen molar-refractivity contribution < 1.29 is 9.90 Å². The van der Waals surface area contributed by atoms with Crippen LogP contribution in [0.15, 0.2) is 0 Å². The van der Waals surface area contributed by atoms with E-state index >= 15 is 0 Å². The molecule has 0 unspecified atom stereocenters. The van der Waals surface area contributed by atoms with Gasteiger partial charge in [0.05, 0.1) is 17.9 Å². The number of carbonyl (C=O) groups excluding carboxylic acids is 1. The van der Waals surface area contributed by atoms with Gasteiger partial charge < -0.3 is 10.0 Å². The Hall–Kier alpha value is -1.36. The largest absolute Gasteiger partial charge is 0.395 e. The van der Waals surface area contributed by atoms with E-state index in [0.717, 1.165) is 24.2 Å². The topological polar surface area (TPSA) is 58.4 Å². The van der Waals surface area contributed by atoms with E-state index in [1.54, 1.807) is 9.58 Å². The number of aliphatic hydroxyl groups is 1. The van der Waals surface area contributed by atoms with E-state index in [4.69, 9.17) is 5.11 Å². The van der Waals surface area contributed by atoms with E-state index in [2.05, 4.69) is 5.10 Å². The molecule has 0 aliphatic heterocycles. The highest BCUT2D eigenvalue weighted by atomic mass is 16.3. The summed E-state index contributed by atoms with van der Waals surface area (Å²) in [5.74, 6) is 0.00431. The van der Waals surface area contributed by atoms with Crippen molar-refractivity contribution in [2.45, 2.75) is 32.7 Å². The van der Waals surface area contributed by atoms with Gasteiger partial charge in [-0.1, -0.05) is 0 Å². The summed E-state index contributed by atoms with van der Waals surface area (Å²) in [4.78, 5) is 14.2. The van der Waals surface area contributed by atoms with Gasteiger partial charge in [-0.2, -0.15) is 5.10 Å². The number of hydrogen-bond acceptors (Lipinski definition) is 3.